The van der Waals surface area contributed by atoms with Gasteiger partial charge in [-0.25, -0.2) is 0 Å². The Morgan fingerprint density at radius 3 is 1.72 bits per heavy atom. The highest BCUT2D eigenvalue weighted by molar-refractivity contribution is 5.69. The Hall–Kier alpha value is -3.30. The van der Waals surface area contributed by atoms with Gasteiger partial charge in [-0.1, -0.05) is 0 Å². The lowest BCUT2D eigenvalue weighted by Gasteiger charge is -2.54. The van der Waals surface area contributed by atoms with Crippen LogP contribution in [0.25, 0.3) is 0 Å². The topological polar surface area (TPSA) is 196 Å². The van der Waals surface area contributed by atoms with Gasteiger partial charge in [0.25, 0.3) is 0 Å². The number of hydrogen-bond donors (Lipinski definition) is 1. The molecule has 0 unspecified atom stereocenters. The quantitative estimate of drug-likeness (QED) is 0.273. The number of hydrogen-bond acceptors (Lipinski definition) is 15. The van der Waals surface area contributed by atoms with Gasteiger partial charge in [0.1, 0.15) is 37.6 Å². The molecule has 0 aromatic carbocycles. The SMILES string of the molecule is CC(=O)OC[C@H]1O[C@@H]([C@@]2(O)[C@@H](COC(C)=O)O[CH]C[C@H]2OC(C)=O)[C@H](OC(C)=O)[C@@H](OC(C)=O)[C@H]1OC(C)=O. The highest BCUT2D eigenvalue weighted by atomic mass is 16.7. The van der Waals surface area contributed by atoms with E-state index >= 15 is 0 Å². The molecule has 8 atom stereocenters. The van der Waals surface area contributed by atoms with Crippen LogP contribution in [0.3, 0.4) is 0 Å². The van der Waals surface area contributed by atoms with E-state index in [1.54, 1.807) is 0 Å². The van der Waals surface area contributed by atoms with Crippen molar-refractivity contribution in [1.29, 1.82) is 0 Å². The highest BCUT2D eigenvalue weighted by Crippen LogP contribution is 2.42. The van der Waals surface area contributed by atoms with Crippen molar-refractivity contribution < 1.29 is 71.8 Å². The number of rotatable bonds is 9. The van der Waals surface area contributed by atoms with Crippen molar-refractivity contribution in [2.45, 2.75) is 96.3 Å². The van der Waals surface area contributed by atoms with Gasteiger partial charge < -0.3 is 43.0 Å². The van der Waals surface area contributed by atoms with Gasteiger partial charge in [0.2, 0.25) is 0 Å². The molecule has 2 rings (SSSR count). The van der Waals surface area contributed by atoms with E-state index in [1.165, 1.54) is 6.61 Å². The maximum absolute atomic E-state index is 12.2. The van der Waals surface area contributed by atoms with Crippen LogP contribution >= 0.6 is 0 Å². The number of esters is 6. The Kier molecular flexibility index (Phi) is 11.2. The molecule has 15 heteroatoms. The maximum Gasteiger partial charge on any atom is 0.303 e. The molecule has 0 aliphatic carbocycles. The molecule has 15 nitrogen and oxygen atoms in total. The molecule has 0 aromatic heterocycles. The highest BCUT2D eigenvalue weighted by Gasteiger charge is 2.65. The Labute approximate surface area is 224 Å². The molecule has 0 spiro atoms. The fourth-order valence-corrected chi connectivity index (χ4v) is 4.44. The van der Waals surface area contributed by atoms with Crippen LogP contribution in [0.2, 0.25) is 0 Å². The van der Waals surface area contributed by atoms with Crippen molar-refractivity contribution in [3.8, 4) is 0 Å². The average Bonchev–Trinajstić information content (AvgIpc) is 2.79. The van der Waals surface area contributed by atoms with Crippen molar-refractivity contribution in [2.75, 3.05) is 13.2 Å². The molecule has 0 bridgehead atoms. The van der Waals surface area contributed by atoms with Gasteiger partial charge in [-0.2, -0.15) is 0 Å². The second kappa shape index (κ2) is 13.7. The summed E-state index contributed by atoms with van der Waals surface area (Å²) in [4.78, 5) is 71.4. The standard InChI is InChI=1S/C24H33O15/c1-11(25)33-9-17-20(36-14(4)28)21(37-15(5)29)22(38-16(6)30)23(39-17)24(31)18(35-13(3)27)7-8-32-19(24)10-34-12(2)26/h8,17-23,31H,7,9-10H2,1-6H3/t17-,18-,19-,20+,21+,22-,23-,24+/m1/s1. The summed E-state index contributed by atoms with van der Waals surface area (Å²) < 4.78 is 43.2. The second-order valence-electron chi connectivity index (χ2n) is 8.93. The molecule has 2 saturated heterocycles. The molecule has 2 fully saturated rings. The van der Waals surface area contributed by atoms with Crippen LogP contribution in [-0.4, -0.2) is 102 Å². The van der Waals surface area contributed by atoms with E-state index in [9.17, 15) is 33.9 Å². The van der Waals surface area contributed by atoms with Gasteiger partial charge in [0.15, 0.2) is 23.9 Å². The molecule has 0 aromatic rings. The average molecular weight is 562 g/mol. The van der Waals surface area contributed by atoms with E-state index in [2.05, 4.69) is 0 Å². The normalized spacial score (nSPS) is 32.2. The zero-order valence-corrected chi connectivity index (χ0v) is 22.4. The van der Waals surface area contributed by atoms with E-state index in [0.29, 0.717) is 0 Å². The van der Waals surface area contributed by atoms with Crippen LogP contribution in [0, 0.1) is 6.61 Å². The van der Waals surface area contributed by atoms with Gasteiger partial charge in [-0.3, -0.25) is 28.8 Å². The second-order valence-corrected chi connectivity index (χ2v) is 8.93. The minimum Gasteiger partial charge on any atom is -0.463 e. The molecule has 219 valence electrons. The molecule has 2 aliphatic heterocycles. The van der Waals surface area contributed by atoms with Crippen molar-refractivity contribution in [3.63, 3.8) is 0 Å². The van der Waals surface area contributed by atoms with E-state index in [0.717, 1.165) is 41.5 Å². The van der Waals surface area contributed by atoms with E-state index < -0.39 is 97.4 Å². The van der Waals surface area contributed by atoms with Crippen molar-refractivity contribution in [2.24, 2.45) is 0 Å². The van der Waals surface area contributed by atoms with Gasteiger partial charge in [-0.05, 0) is 0 Å². The summed E-state index contributed by atoms with van der Waals surface area (Å²) in [6.45, 7) is 6.55. The third-order valence-electron chi connectivity index (χ3n) is 5.80. The van der Waals surface area contributed by atoms with Crippen LogP contribution in [0.15, 0.2) is 0 Å². The Morgan fingerprint density at radius 1 is 0.718 bits per heavy atom. The predicted octanol–water partition coefficient (Wildman–Crippen LogP) is -0.711. The zero-order chi connectivity index (χ0) is 29.5. The van der Waals surface area contributed by atoms with E-state index in [4.69, 9.17) is 37.9 Å². The van der Waals surface area contributed by atoms with Crippen molar-refractivity contribution in [1.82, 2.24) is 0 Å². The minimum atomic E-state index is -2.43. The number of ether oxygens (including phenoxy) is 8. The Morgan fingerprint density at radius 2 is 1.21 bits per heavy atom. The van der Waals surface area contributed by atoms with E-state index in [-0.39, 0.29) is 6.42 Å². The molecule has 39 heavy (non-hydrogen) atoms. The molecular weight excluding hydrogens is 528 g/mol. The summed E-state index contributed by atoms with van der Waals surface area (Å²) in [6.07, 6.45) is -10.9. The molecule has 0 saturated carbocycles. The molecular formula is C24H33O15. The molecule has 2 heterocycles. The first kappa shape index (κ1) is 31.9. The number of carbonyl (C=O) groups excluding carboxylic acids is 6. The lowest BCUT2D eigenvalue weighted by molar-refractivity contribution is -0.320. The lowest BCUT2D eigenvalue weighted by atomic mass is 9.75. The Bertz CT molecular complexity index is 948. The van der Waals surface area contributed by atoms with Crippen LogP contribution in [0.4, 0.5) is 0 Å². The first-order valence-corrected chi connectivity index (χ1v) is 12.0. The first-order chi connectivity index (χ1) is 18.2. The summed E-state index contributed by atoms with van der Waals surface area (Å²) in [5, 5.41) is 12.2. The smallest absolute Gasteiger partial charge is 0.303 e. The summed E-state index contributed by atoms with van der Waals surface area (Å²) >= 11 is 0. The van der Waals surface area contributed by atoms with Gasteiger partial charge in [-0.15, -0.1) is 0 Å². The lowest BCUT2D eigenvalue weighted by Crippen LogP contribution is -2.75. The number of carbonyl (C=O) groups is 6. The first-order valence-electron chi connectivity index (χ1n) is 12.0. The third kappa shape index (κ3) is 8.34. The largest absolute Gasteiger partial charge is 0.463 e. The van der Waals surface area contributed by atoms with Crippen LogP contribution in [0.5, 0.6) is 0 Å². The zero-order valence-electron chi connectivity index (χ0n) is 22.4. The molecule has 2 aliphatic rings. The van der Waals surface area contributed by atoms with Crippen molar-refractivity contribution >= 4 is 35.8 Å². The van der Waals surface area contributed by atoms with Crippen LogP contribution in [0.1, 0.15) is 48.0 Å². The summed E-state index contributed by atoms with van der Waals surface area (Å²) in [6, 6.07) is 0. The van der Waals surface area contributed by atoms with Crippen LogP contribution in [-0.2, 0) is 66.7 Å². The summed E-state index contributed by atoms with van der Waals surface area (Å²) in [5.41, 5.74) is -2.43. The summed E-state index contributed by atoms with van der Waals surface area (Å²) in [5.74, 6) is -4.88. The fourth-order valence-electron chi connectivity index (χ4n) is 4.44. The molecule has 1 N–H and O–H groups in total. The van der Waals surface area contributed by atoms with Gasteiger partial charge in [0, 0.05) is 48.0 Å². The summed E-state index contributed by atoms with van der Waals surface area (Å²) in [7, 11) is 0. The van der Waals surface area contributed by atoms with Crippen LogP contribution < -0.4 is 0 Å². The number of aliphatic hydroxyl groups is 1. The third-order valence-corrected chi connectivity index (χ3v) is 5.80. The van der Waals surface area contributed by atoms with Gasteiger partial charge in [0.05, 0.1) is 6.61 Å². The predicted molar refractivity (Wildman–Crippen MR) is 123 cm³/mol. The van der Waals surface area contributed by atoms with Gasteiger partial charge >= 0.3 is 35.8 Å². The van der Waals surface area contributed by atoms with Crippen molar-refractivity contribution in [3.05, 3.63) is 6.61 Å². The monoisotopic (exact) mass is 561 g/mol. The minimum absolute atomic E-state index is 0.181. The Balaban J connectivity index is 2.73. The van der Waals surface area contributed by atoms with E-state index in [1.807, 2.05) is 0 Å². The maximum atomic E-state index is 12.2. The molecule has 0 amide bonds. The molecule has 1 radical (unpaired) electrons. The fraction of sp³-hybridized carbons (Fsp3) is 0.708.